The molecule has 0 amide bonds. The van der Waals surface area contributed by atoms with Gasteiger partial charge in [0.05, 0.1) is 19.1 Å². The van der Waals surface area contributed by atoms with Crippen LogP contribution in [0.4, 0.5) is 0 Å². The van der Waals surface area contributed by atoms with Gasteiger partial charge in [-0.3, -0.25) is 0 Å². The lowest BCUT2D eigenvalue weighted by atomic mass is 10.1. The largest absolute Gasteiger partial charge is 0.493 e. The fourth-order valence-corrected chi connectivity index (χ4v) is 2.43. The molecule has 1 aromatic carbocycles. The molecule has 1 N–H and O–H groups in total. The van der Waals surface area contributed by atoms with Crippen molar-refractivity contribution in [3.63, 3.8) is 0 Å². The number of hydrogen-bond acceptors (Lipinski definition) is 4. The molecule has 3 nitrogen and oxygen atoms in total. The Morgan fingerprint density at radius 1 is 1.25 bits per heavy atom. The van der Waals surface area contributed by atoms with Gasteiger partial charge in [-0.05, 0) is 30.7 Å². The average molecular weight is 242 g/mol. The Hall–Kier alpha value is -0.870. The summed E-state index contributed by atoms with van der Waals surface area (Å²) >= 11 is 1.64. The van der Waals surface area contributed by atoms with Crippen LogP contribution < -0.4 is 9.47 Å². The van der Waals surface area contributed by atoms with Crippen LogP contribution in [-0.2, 0) is 6.42 Å². The number of aliphatic hydroxyl groups is 1. The zero-order chi connectivity index (χ0) is 12.0. The van der Waals surface area contributed by atoms with Crippen molar-refractivity contribution in [1.29, 1.82) is 0 Å². The molecule has 0 saturated carbocycles. The van der Waals surface area contributed by atoms with Crippen LogP contribution in [0.2, 0.25) is 0 Å². The van der Waals surface area contributed by atoms with E-state index < -0.39 is 0 Å². The maximum atomic E-state index is 8.86. The van der Waals surface area contributed by atoms with E-state index in [0.29, 0.717) is 0 Å². The maximum absolute atomic E-state index is 8.86. The van der Waals surface area contributed by atoms with Crippen LogP contribution in [0, 0.1) is 0 Å². The molecule has 0 aliphatic heterocycles. The van der Waals surface area contributed by atoms with Crippen LogP contribution in [-0.4, -0.2) is 32.2 Å². The van der Waals surface area contributed by atoms with Crippen molar-refractivity contribution in [3.05, 3.63) is 17.7 Å². The third-order valence-electron chi connectivity index (χ3n) is 2.39. The molecular weight excluding hydrogens is 224 g/mol. The summed E-state index contributed by atoms with van der Waals surface area (Å²) in [5, 5.41) is 8.86. The Kier molecular flexibility index (Phi) is 5.49. The van der Waals surface area contributed by atoms with Crippen molar-refractivity contribution in [2.75, 3.05) is 27.1 Å². The minimum Gasteiger partial charge on any atom is -0.493 e. The first-order valence-corrected chi connectivity index (χ1v) is 6.39. The summed E-state index contributed by atoms with van der Waals surface area (Å²) in [5.74, 6) is 1.53. The summed E-state index contributed by atoms with van der Waals surface area (Å²) in [5.41, 5.74) is 1.19. The molecule has 16 heavy (non-hydrogen) atoms. The zero-order valence-electron chi connectivity index (χ0n) is 9.95. The van der Waals surface area contributed by atoms with Gasteiger partial charge in [-0.1, -0.05) is 6.07 Å². The highest BCUT2D eigenvalue weighted by atomic mass is 32.2. The standard InChI is InChI=1S/C12H18O3S/c1-14-10-7-6-9(5-4-8-13)12(16-3)11(10)15-2/h6-7,13H,4-5,8H2,1-3H3. The molecule has 4 heteroatoms. The van der Waals surface area contributed by atoms with Crippen molar-refractivity contribution in [2.24, 2.45) is 0 Å². The second kappa shape index (κ2) is 6.66. The van der Waals surface area contributed by atoms with Gasteiger partial charge in [-0.25, -0.2) is 0 Å². The first-order valence-electron chi connectivity index (χ1n) is 5.17. The van der Waals surface area contributed by atoms with Gasteiger partial charge in [-0.15, -0.1) is 11.8 Å². The molecule has 0 aliphatic rings. The smallest absolute Gasteiger partial charge is 0.174 e. The highest BCUT2D eigenvalue weighted by Gasteiger charge is 2.13. The number of benzene rings is 1. The van der Waals surface area contributed by atoms with Crippen LogP contribution in [0.15, 0.2) is 17.0 Å². The number of thioether (sulfide) groups is 1. The van der Waals surface area contributed by atoms with E-state index in [4.69, 9.17) is 14.6 Å². The van der Waals surface area contributed by atoms with E-state index in [9.17, 15) is 0 Å². The SMILES string of the molecule is COc1ccc(CCCO)c(SC)c1OC. The molecule has 1 rings (SSSR count). The topological polar surface area (TPSA) is 38.7 Å². The second-order valence-corrected chi connectivity index (χ2v) is 4.14. The molecule has 0 fully saturated rings. The Labute approximate surface area is 101 Å². The van der Waals surface area contributed by atoms with Gasteiger partial charge in [0, 0.05) is 6.61 Å². The molecule has 0 saturated heterocycles. The number of ether oxygens (including phenoxy) is 2. The van der Waals surface area contributed by atoms with Crippen molar-refractivity contribution in [2.45, 2.75) is 17.7 Å². The van der Waals surface area contributed by atoms with Crippen LogP contribution in [0.1, 0.15) is 12.0 Å². The van der Waals surface area contributed by atoms with E-state index in [1.807, 2.05) is 18.4 Å². The maximum Gasteiger partial charge on any atom is 0.174 e. The first kappa shape index (κ1) is 13.2. The molecule has 0 atom stereocenters. The van der Waals surface area contributed by atoms with Crippen LogP contribution in [0.25, 0.3) is 0 Å². The summed E-state index contributed by atoms with van der Waals surface area (Å²) in [6.07, 6.45) is 3.63. The normalized spacial score (nSPS) is 10.2. The third kappa shape index (κ3) is 2.83. The molecule has 1 aromatic rings. The number of aryl methyl sites for hydroxylation is 1. The van der Waals surface area contributed by atoms with Crippen molar-refractivity contribution in [3.8, 4) is 11.5 Å². The minimum absolute atomic E-state index is 0.210. The van der Waals surface area contributed by atoms with E-state index in [1.165, 1.54) is 5.56 Å². The Bertz CT molecular complexity index is 339. The Morgan fingerprint density at radius 2 is 2.00 bits per heavy atom. The highest BCUT2D eigenvalue weighted by molar-refractivity contribution is 7.98. The van der Waals surface area contributed by atoms with Gasteiger partial charge >= 0.3 is 0 Å². The van der Waals surface area contributed by atoms with Crippen molar-refractivity contribution >= 4 is 11.8 Å². The summed E-state index contributed by atoms with van der Waals surface area (Å²) in [4.78, 5) is 1.09. The quantitative estimate of drug-likeness (QED) is 0.777. The van der Waals surface area contributed by atoms with Gasteiger partial charge in [0.25, 0.3) is 0 Å². The predicted octanol–water partition coefficient (Wildman–Crippen LogP) is 2.35. The zero-order valence-corrected chi connectivity index (χ0v) is 10.8. The lowest BCUT2D eigenvalue weighted by molar-refractivity contribution is 0.288. The van der Waals surface area contributed by atoms with Gasteiger partial charge in [0.1, 0.15) is 0 Å². The van der Waals surface area contributed by atoms with E-state index in [0.717, 1.165) is 29.2 Å². The summed E-state index contributed by atoms with van der Waals surface area (Å²) in [7, 11) is 3.28. The minimum atomic E-state index is 0.210. The summed E-state index contributed by atoms with van der Waals surface area (Å²) < 4.78 is 10.6. The third-order valence-corrected chi connectivity index (χ3v) is 3.25. The fraction of sp³-hybridized carbons (Fsp3) is 0.500. The van der Waals surface area contributed by atoms with Crippen LogP contribution >= 0.6 is 11.8 Å². The summed E-state index contributed by atoms with van der Waals surface area (Å²) in [6.45, 7) is 0.210. The molecule has 90 valence electrons. The molecule has 0 spiro atoms. The predicted molar refractivity (Wildman–Crippen MR) is 66.7 cm³/mol. The number of hydrogen-bond donors (Lipinski definition) is 1. The monoisotopic (exact) mass is 242 g/mol. The van der Waals surface area contributed by atoms with E-state index >= 15 is 0 Å². The fourth-order valence-electron chi connectivity index (χ4n) is 1.63. The Balaban J connectivity index is 3.10. The van der Waals surface area contributed by atoms with E-state index in [-0.39, 0.29) is 6.61 Å². The molecule has 0 aromatic heterocycles. The molecule has 0 heterocycles. The average Bonchev–Trinajstić information content (AvgIpc) is 2.34. The highest BCUT2D eigenvalue weighted by Crippen LogP contribution is 2.39. The number of rotatable bonds is 6. The lowest BCUT2D eigenvalue weighted by Crippen LogP contribution is -1.98. The molecular formula is C12H18O3S. The number of aliphatic hydroxyl groups excluding tert-OH is 1. The van der Waals surface area contributed by atoms with Crippen molar-refractivity contribution < 1.29 is 14.6 Å². The second-order valence-electron chi connectivity index (χ2n) is 3.32. The van der Waals surface area contributed by atoms with Crippen LogP contribution in [0.3, 0.4) is 0 Å². The van der Waals surface area contributed by atoms with Crippen molar-refractivity contribution in [1.82, 2.24) is 0 Å². The van der Waals surface area contributed by atoms with Gasteiger partial charge in [0.2, 0.25) is 0 Å². The molecule has 0 unspecified atom stereocenters. The van der Waals surface area contributed by atoms with Gasteiger partial charge in [-0.2, -0.15) is 0 Å². The van der Waals surface area contributed by atoms with Gasteiger partial charge in [0.15, 0.2) is 11.5 Å². The molecule has 0 aliphatic carbocycles. The summed E-state index contributed by atoms with van der Waals surface area (Å²) in [6, 6.07) is 3.94. The number of methoxy groups -OCH3 is 2. The van der Waals surface area contributed by atoms with Gasteiger partial charge < -0.3 is 14.6 Å². The molecule has 0 bridgehead atoms. The van der Waals surface area contributed by atoms with Crippen LogP contribution in [0.5, 0.6) is 11.5 Å². The first-order chi connectivity index (χ1) is 7.78. The molecule has 0 radical (unpaired) electrons. The lowest BCUT2D eigenvalue weighted by Gasteiger charge is -2.15. The van der Waals surface area contributed by atoms with E-state index in [2.05, 4.69) is 0 Å². The Morgan fingerprint density at radius 3 is 2.50 bits per heavy atom. The van der Waals surface area contributed by atoms with E-state index in [1.54, 1.807) is 26.0 Å².